The Bertz CT molecular complexity index is 559. The van der Waals surface area contributed by atoms with Crippen LogP contribution in [-0.4, -0.2) is 11.5 Å². The molecular formula is C15H17N3O2. The van der Waals surface area contributed by atoms with Gasteiger partial charge in [-0.25, -0.2) is 0 Å². The zero-order valence-corrected chi connectivity index (χ0v) is 11.2. The molecule has 1 aromatic rings. The molecule has 0 heterocycles. The first-order valence-electron chi connectivity index (χ1n) is 7.11. The van der Waals surface area contributed by atoms with Gasteiger partial charge in [-0.1, -0.05) is 0 Å². The highest BCUT2D eigenvalue weighted by molar-refractivity contribution is 5.58. The third-order valence-electron chi connectivity index (χ3n) is 4.31. The number of nitro groups is 1. The minimum atomic E-state index is -0.514. The van der Waals surface area contributed by atoms with Crippen LogP contribution in [-0.2, 0) is 0 Å². The molecule has 2 aliphatic rings. The van der Waals surface area contributed by atoms with Crippen molar-refractivity contribution < 1.29 is 4.92 Å². The smallest absolute Gasteiger partial charge is 0.287 e. The Balaban J connectivity index is 1.68. The van der Waals surface area contributed by atoms with Gasteiger partial charge >= 0.3 is 0 Å². The average molecular weight is 271 g/mol. The first-order valence-corrected chi connectivity index (χ1v) is 7.11. The highest BCUT2D eigenvalue weighted by Crippen LogP contribution is 2.49. The van der Waals surface area contributed by atoms with Gasteiger partial charge in [0.25, 0.3) is 5.69 Å². The normalized spacial score (nSPS) is 17.8. The van der Waals surface area contributed by atoms with Crippen LogP contribution in [0.2, 0.25) is 0 Å². The number of nitriles is 1. The van der Waals surface area contributed by atoms with Crippen molar-refractivity contribution in [2.75, 3.05) is 11.9 Å². The Morgan fingerprint density at radius 2 is 2.00 bits per heavy atom. The maximum atomic E-state index is 10.8. The van der Waals surface area contributed by atoms with Crippen molar-refractivity contribution in [3.63, 3.8) is 0 Å². The molecule has 0 bridgehead atoms. The molecule has 0 unspecified atom stereocenters. The molecule has 104 valence electrons. The average Bonchev–Trinajstić information content (AvgIpc) is 3.31. The van der Waals surface area contributed by atoms with Crippen molar-refractivity contribution in [1.82, 2.24) is 0 Å². The van der Waals surface area contributed by atoms with Crippen LogP contribution in [0.3, 0.4) is 0 Å². The molecule has 0 spiro atoms. The van der Waals surface area contributed by atoms with Crippen LogP contribution in [0.1, 0.15) is 31.2 Å². The molecular weight excluding hydrogens is 254 g/mol. The van der Waals surface area contributed by atoms with Crippen molar-refractivity contribution in [2.45, 2.75) is 25.7 Å². The molecule has 0 aromatic heterocycles. The van der Waals surface area contributed by atoms with E-state index in [1.165, 1.54) is 31.7 Å². The van der Waals surface area contributed by atoms with Gasteiger partial charge in [-0.2, -0.15) is 5.26 Å². The predicted octanol–water partition coefficient (Wildman–Crippen LogP) is 3.31. The summed E-state index contributed by atoms with van der Waals surface area (Å²) in [6.45, 7) is 0.915. The number of nitro benzene ring substituents is 1. The number of hydrogen-bond donors (Lipinski definition) is 1. The van der Waals surface area contributed by atoms with Gasteiger partial charge in [0.2, 0.25) is 0 Å². The fourth-order valence-corrected chi connectivity index (χ4v) is 2.90. The van der Waals surface area contributed by atoms with Crippen molar-refractivity contribution in [1.29, 1.82) is 5.26 Å². The van der Waals surface area contributed by atoms with Crippen LogP contribution in [0.15, 0.2) is 18.2 Å². The van der Waals surface area contributed by atoms with Crippen molar-refractivity contribution in [3.8, 4) is 6.07 Å². The number of rotatable bonds is 6. The molecule has 2 fully saturated rings. The summed E-state index contributed by atoms with van der Waals surface area (Å²) in [7, 11) is 0. The minimum Gasteiger partial charge on any atom is -0.385 e. The number of anilines is 1. The Kier molecular flexibility index (Phi) is 3.31. The highest BCUT2D eigenvalue weighted by Gasteiger charge is 2.40. The predicted molar refractivity (Wildman–Crippen MR) is 75.2 cm³/mol. The van der Waals surface area contributed by atoms with E-state index in [-0.39, 0.29) is 11.3 Å². The summed E-state index contributed by atoms with van der Waals surface area (Å²) in [6, 6.07) is 6.57. The van der Waals surface area contributed by atoms with Gasteiger partial charge < -0.3 is 5.32 Å². The van der Waals surface area contributed by atoms with Crippen LogP contribution in [0.5, 0.6) is 0 Å². The van der Waals surface area contributed by atoms with Gasteiger partial charge in [0, 0.05) is 18.3 Å². The van der Waals surface area contributed by atoms with E-state index < -0.39 is 4.92 Å². The molecule has 2 aliphatic carbocycles. The van der Waals surface area contributed by atoms with Crippen molar-refractivity contribution in [3.05, 3.63) is 33.9 Å². The molecule has 5 nitrogen and oxygen atoms in total. The minimum absolute atomic E-state index is 0.120. The van der Waals surface area contributed by atoms with Gasteiger partial charge in [-0.15, -0.1) is 0 Å². The third kappa shape index (κ3) is 2.74. The van der Waals surface area contributed by atoms with E-state index in [4.69, 9.17) is 5.26 Å². The Morgan fingerprint density at radius 3 is 2.50 bits per heavy atom. The van der Waals surface area contributed by atoms with Gasteiger partial charge in [-0.05, 0) is 55.6 Å². The van der Waals surface area contributed by atoms with Crippen LogP contribution >= 0.6 is 0 Å². The first kappa shape index (κ1) is 12.9. The second-order valence-corrected chi connectivity index (χ2v) is 5.82. The molecule has 1 aromatic carbocycles. The zero-order chi connectivity index (χ0) is 14.1. The summed E-state index contributed by atoms with van der Waals surface area (Å²) in [4.78, 5) is 10.3. The summed E-state index contributed by atoms with van der Waals surface area (Å²) in [6.07, 6.45) is 5.36. The van der Waals surface area contributed by atoms with Crippen LogP contribution in [0, 0.1) is 39.2 Å². The maximum Gasteiger partial charge on any atom is 0.287 e. The second-order valence-electron chi connectivity index (χ2n) is 5.82. The number of hydrogen-bond acceptors (Lipinski definition) is 4. The highest BCUT2D eigenvalue weighted by atomic mass is 16.6. The van der Waals surface area contributed by atoms with Crippen molar-refractivity contribution in [2.24, 2.45) is 17.8 Å². The topological polar surface area (TPSA) is 79.0 Å². The fourth-order valence-electron chi connectivity index (χ4n) is 2.90. The van der Waals surface area contributed by atoms with Crippen LogP contribution in [0.4, 0.5) is 11.4 Å². The van der Waals surface area contributed by atoms with Crippen LogP contribution in [0.25, 0.3) is 0 Å². The molecule has 0 radical (unpaired) electrons. The van der Waals surface area contributed by atoms with E-state index in [1.54, 1.807) is 12.1 Å². The SMILES string of the molecule is N#Cc1cc(NCC(C2CC2)C2CC2)ccc1[N+](=O)[O-]. The fraction of sp³-hybridized carbons (Fsp3) is 0.533. The molecule has 5 heteroatoms. The Morgan fingerprint density at radius 1 is 1.35 bits per heavy atom. The molecule has 2 saturated carbocycles. The summed E-state index contributed by atoms with van der Waals surface area (Å²) in [5.41, 5.74) is 0.798. The molecule has 0 atom stereocenters. The molecule has 1 N–H and O–H groups in total. The molecule has 3 rings (SSSR count). The van der Waals surface area contributed by atoms with Crippen LogP contribution < -0.4 is 5.32 Å². The lowest BCUT2D eigenvalue weighted by atomic mass is 9.98. The maximum absolute atomic E-state index is 10.8. The lowest BCUT2D eigenvalue weighted by Gasteiger charge is -2.17. The summed E-state index contributed by atoms with van der Waals surface area (Å²) < 4.78 is 0. The summed E-state index contributed by atoms with van der Waals surface area (Å²) in [5, 5.41) is 23.1. The zero-order valence-electron chi connectivity index (χ0n) is 11.2. The van der Waals surface area contributed by atoms with E-state index >= 15 is 0 Å². The number of nitrogens with zero attached hydrogens (tertiary/aromatic N) is 2. The first-order chi connectivity index (χ1) is 9.69. The third-order valence-corrected chi connectivity index (χ3v) is 4.31. The molecule has 0 amide bonds. The lowest BCUT2D eigenvalue weighted by Crippen LogP contribution is -2.18. The number of benzene rings is 1. The molecule has 0 aliphatic heterocycles. The standard InChI is InChI=1S/C15H17N3O2/c16-8-12-7-13(5-6-15(12)18(19)20)17-9-14(10-1-2-10)11-3-4-11/h5-7,10-11,14,17H,1-4,9H2. The van der Waals surface area contributed by atoms with E-state index in [1.807, 2.05) is 6.07 Å². The molecule has 0 saturated heterocycles. The van der Waals surface area contributed by atoms with Crippen molar-refractivity contribution >= 4 is 11.4 Å². The Hall–Kier alpha value is -2.09. The van der Waals surface area contributed by atoms with Gasteiger partial charge in [-0.3, -0.25) is 10.1 Å². The molecule has 20 heavy (non-hydrogen) atoms. The summed E-state index contributed by atoms with van der Waals surface area (Å²) in [5.74, 6) is 2.46. The monoisotopic (exact) mass is 271 g/mol. The quantitative estimate of drug-likeness (QED) is 0.636. The van der Waals surface area contributed by atoms with Gasteiger partial charge in [0.05, 0.1) is 4.92 Å². The van der Waals surface area contributed by atoms with E-state index in [0.717, 1.165) is 30.0 Å². The van der Waals surface area contributed by atoms with Gasteiger partial charge in [0.1, 0.15) is 11.6 Å². The number of nitrogens with one attached hydrogen (secondary N) is 1. The van der Waals surface area contributed by atoms with E-state index in [9.17, 15) is 10.1 Å². The van der Waals surface area contributed by atoms with Gasteiger partial charge in [0.15, 0.2) is 0 Å². The second kappa shape index (κ2) is 5.12. The Labute approximate surface area is 117 Å². The van der Waals surface area contributed by atoms with E-state index in [2.05, 4.69) is 5.32 Å². The lowest BCUT2D eigenvalue weighted by molar-refractivity contribution is -0.385. The largest absolute Gasteiger partial charge is 0.385 e. The van der Waals surface area contributed by atoms with E-state index in [0.29, 0.717) is 0 Å². The summed E-state index contributed by atoms with van der Waals surface area (Å²) >= 11 is 0.